The first-order valence-electron chi connectivity index (χ1n) is 5.80. The van der Waals surface area contributed by atoms with Crippen LogP contribution >= 0.6 is 0 Å². The number of carbonyl (C=O) groups is 3. The van der Waals surface area contributed by atoms with Gasteiger partial charge in [0, 0.05) is 5.92 Å². The third kappa shape index (κ3) is 1.86. The van der Waals surface area contributed by atoms with E-state index in [-0.39, 0.29) is 0 Å². The van der Waals surface area contributed by atoms with Gasteiger partial charge in [-0.3, -0.25) is 9.59 Å². The SMILES string of the molecule is C[C@H](N)C(=O)N[C@@]1(C(=O)O)CS(=O)(=O)[C@H]2C(C(=O)O)C21. The molecule has 10 heteroatoms. The normalized spacial score (nSPS) is 38.6. The van der Waals surface area contributed by atoms with Crippen molar-refractivity contribution in [3.63, 3.8) is 0 Å². The lowest BCUT2D eigenvalue weighted by Gasteiger charge is -2.28. The van der Waals surface area contributed by atoms with Gasteiger partial charge in [-0.05, 0) is 6.92 Å². The summed E-state index contributed by atoms with van der Waals surface area (Å²) in [7, 11) is -3.89. The standard InChI is InChI=1S/C10H14N2O7S/c1-3(11)7(13)12-10(9(16)17)2-20(18,19)6-4(5(6)10)8(14)15/h3-6H,2,11H2,1H3,(H,12,13)(H,14,15)(H,16,17)/t3-,4?,5?,6-,10-/m0/s1. The molecule has 0 aromatic carbocycles. The van der Waals surface area contributed by atoms with Gasteiger partial charge in [0.15, 0.2) is 15.4 Å². The van der Waals surface area contributed by atoms with Crippen molar-refractivity contribution in [1.82, 2.24) is 5.32 Å². The lowest BCUT2D eigenvalue weighted by atomic mass is 9.93. The Balaban J connectivity index is 2.42. The zero-order valence-electron chi connectivity index (χ0n) is 10.4. The molecule has 0 aromatic heterocycles. The van der Waals surface area contributed by atoms with E-state index >= 15 is 0 Å². The number of fused-ring (bicyclic) bond motifs is 1. The van der Waals surface area contributed by atoms with Crippen LogP contribution < -0.4 is 11.1 Å². The second-order valence-corrected chi connectivity index (χ2v) is 7.37. The monoisotopic (exact) mass is 306 g/mol. The number of carboxylic acids is 2. The number of sulfone groups is 1. The van der Waals surface area contributed by atoms with Gasteiger partial charge in [0.25, 0.3) is 0 Å². The lowest BCUT2D eigenvalue weighted by Crippen LogP contribution is -2.61. The number of aliphatic carboxylic acids is 2. The van der Waals surface area contributed by atoms with Crippen molar-refractivity contribution in [3.05, 3.63) is 0 Å². The highest BCUT2D eigenvalue weighted by molar-refractivity contribution is 7.92. The van der Waals surface area contributed by atoms with Crippen molar-refractivity contribution in [2.24, 2.45) is 17.6 Å². The molecule has 1 saturated carbocycles. The summed E-state index contributed by atoms with van der Waals surface area (Å²) in [5.74, 6) is -7.06. The van der Waals surface area contributed by atoms with Crippen molar-refractivity contribution >= 4 is 27.7 Å². The average molecular weight is 306 g/mol. The van der Waals surface area contributed by atoms with E-state index in [4.69, 9.17) is 10.8 Å². The molecule has 2 fully saturated rings. The molecule has 5 N–H and O–H groups in total. The smallest absolute Gasteiger partial charge is 0.330 e. The molecular weight excluding hydrogens is 292 g/mol. The molecule has 20 heavy (non-hydrogen) atoms. The van der Waals surface area contributed by atoms with Crippen LogP contribution in [0, 0.1) is 11.8 Å². The van der Waals surface area contributed by atoms with Crippen LogP contribution in [0.1, 0.15) is 6.92 Å². The number of nitrogens with two attached hydrogens (primary N) is 1. The van der Waals surface area contributed by atoms with Gasteiger partial charge in [0.2, 0.25) is 5.91 Å². The van der Waals surface area contributed by atoms with Crippen LogP contribution in [0.5, 0.6) is 0 Å². The molecule has 1 aliphatic heterocycles. The van der Waals surface area contributed by atoms with Crippen molar-refractivity contribution in [2.45, 2.75) is 23.8 Å². The average Bonchev–Trinajstić information content (AvgIpc) is 2.98. The zero-order valence-corrected chi connectivity index (χ0v) is 11.3. The van der Waals surface area contributed by atoms with Crippen LogP contribution in [-0.4, -0.2) is 59.1 Å². The summed E-state index contributed by atoms with van der Waals surface area (Å²) in [5, 5.41) is 19.1. The number of hydrogen-bond donors (Lipinski definition) is 4. The van der Waals surface area contributed by atoms with Crippen molar-refractivity contribution in [3.8, 4) is 0 Å². The molecular formula is C10H14N2O7S. The summed E-state index contributed by atoms with van der Waals surface area (Å²) < 4.78 is 23.8. The number of amides is 1. The number of carbonyl (C=O) groups excluding carboxylic acids is 1. The largest absolute Gasteiger partial charge is 0.481 e. The third-order valence-corrected chi connectivity index (χ3v) is 6.07. The Labute approximate surface area is 114 Å². The van der Waals surface area contributed by atoms with Gasteiger partial charge in [-0.1, -0.05) is 0 Å². The first-order chi connectivity index (χ1) is 9.04. The van der Waals surface area contributed by atoms with Crippen LogP contribution in [0.25, 0.3) is 0 Å². The van der Waals surface area contributed by atoms with Crippen LogP contribution in [0.3, 0.4) is 0 Å². The Morgan fingerprint density at radius 2 is 1.90 bits per heavy atom. The molecule has 0 aromatic rings. The predicted octanol–water partition coefficient (Wildman–Crippen LogP) is -2.60. The number of rotatable bonds is 4. The molecule has 2 aliphatic rings. The molecule has 1 heterocycles. The van der Waals surface area contributed by atoms with E-state index in [0.717, 1.165) is 0 Å². The molecule has 0 bridgehead atoms. The number of nitrogens with one attached hydrogen (secondary N) is 1. The number of hydrogen-bond acceptors (Lipinski definition) is 6. The molecule has 5 atom stereocenters. The third-order valence-electron chi connectivity index (χ3n) is 3.79. The van der Waals surface area contributed by atoms with Crippen LogP contribution in [0.15, 0.2) is 0 Å². The summed E-state index contributed by atoms with van der Waals surface area (Å²) in [6.45, 7) is 1.31. The summed E-state index contributed by atoms with van der Waals surface area (Å²) in [4.78, 5) is 34.1. The minimum Gasteiger partial charge on any atom is -0.481 e. The summed E-state index contributed by atoms with van der Waals surface area (Å²) in [5.41, 5.74) is 3.21. The van der Waals surface area contributed by atoms with E-state index < -0.39 is 62.1 Å². The fourth-order valence-corrected chi connectivity index (χ4v) is 5.54. The summed E-state index contributed by atoms with van der Waals surface area (Å²) in [6, 6.07) is -1.03. The highest BCUT2D eigenvalue weighted by atomic mass is 32.2. The maximum atomic E-state index is 11.9. The maximum absolute atomic E-state index is 11.9. The molecule has 1 aliphatic carbocycles. The highest BCUT2D eigenvalue weighted by Gasteiger charge is 2.79. The van der Waals surface area contributed by atoms with E-state index in [9.17, 15) is 27.9 Å². The maximum Gasteiger partial charge on any atom is 0.330 e. The van der Waals surface area contributed by atoms with Gasteiger partial charge >= 0.3 is 11.9 Å². The van der Waals surface area contributed by atoms with Crippen molar-refractivity contribution in [1.29, 1.82) is 0 Å². The van der Waals surface area contributed by atoms with Crippen LogP contribution in [0.2, 0.25) is 0 Å². The fourth-order valence-electron chi connectivity index (χ4n) is 2.83. The second-order valence-electron chi connectivity index (χ2n) is 5.22. The van der Waals surface area contributed by atoms with Gasteiger partial charge in [0.05, 0.1) is 23.0 Å². The Hall–Kier alpha value is -1.68. The van der Waals surface area contributed by atoms with Crippen LogP contribution in [0.4, 0.5) is 0 Å². The second kappa shape index (κ2) is 4.16. The minimum absolute atomic E-state index is 0.813. The Kier molecular flexibility index (Phi) is 3.06. The van der Waals surface area contributed by atoms with E-state index in [1.165, 1.54) is 6.92 Å². The first-order valence-corrected chi connectivity index (χ1v) is 7.51. The molecule has 112 valence electrons. The molecule has 9 nitrogen and oxygen atoms in total. The Bertz CT molecular complexity index is 599. The highest BCUT2D eigenvalue weighted by Crippen LogP contribution is 2.57. The molecule has 1 saturated heterocycles. The summed E-state index contributed by atoms with van der Waals surface area (Å²) in [6.07, 6.45) is 0. The Morgan fingerprint density at radius 3 is 2.25 bits per heavy atom. The molecule has 2 unspecified atom stereocenters. The molecule has 2 rings (SSSR count). The van der Waals surface area contributed by atoms with Gasteiger partial charge < -0.3 is 21.3 Å². The van der Waals surface area contributed by atoms with Gasteiger partial charge in [-0.25, -0.2) is 13.2 Å². The van der Waals surface area contributed by atoms with Gasteiger partial charge in [-0.2, -0.15) is 0 Å². The first kappa shape index (κ1) is 14.7. The topological polar surface area (TPSA) is 164 Å². The van der Waals surface area contributed by atoms with E-state index in [1.54, 1.807) is 0 Å². The lowest BCUT2D eigenvalue weighted by molar-refractivity contribution is -0.148. The van der Waals surface area contributed by atoms with E-state index in [2.05, 4.69) is 5.32 Å². The molecule has 1 amide bonds. The number of carboxylic acid groups (broad SMARTS) is 2. The quantitative estimate of drug-likeness (QED) is 0.439. The van der Waals surface area contributed by atoms with E-state index in [0.29, 0.717) is 0 Å². The van der Waals surface area contributed by atoms with Gasteiger partial charge in [-0.15, -0.1) is 0 Å². The predicted molar refractivity (Wildman–Crippen MR) is 64.3 cm³/mol. The molecule has 0 radical (unpaired) electrons. The van der Waals surface area contributed by atoms with Crippen molar-refractivity contribution < 1.29 is 33.0 Å². The van der Waals surface area contributed by atoms with Crippen molar-refractivity contribution in [2.75, 3.05) is 5.75 Å². The molecule has 0 spiro atoms. The zero-order chi connectivity index (χ0) is 15.5. The summed E-state index contributed by atoms with van der Waals surface area (Å²) >= 11 is 0. The van der Waals surface area contributed by atoms with E-state index in [1.807, 2.05) is 0 Å². The fraction of sp³-hybridized carbons (Fsp3) is 0.700. The van der Waals surface area contributed by atoms with Gasteiger partial charge in [0.1, 0.15) is 0 Å². The van der Waals surface area contributed by atoms with Crippen LogP contribution in [-0.2, 0) is 24.2 Å². The Morgan fingerprint density at radius 1 is 1.35 bits per heavy atom. The minimum atomic E-state index is -3.89.